The van der Waals surface area contributed by atoms with Crippen molar-refractivity contribution in [2.24, 2.45) is 11.8 Å². The summed E-state index contributed by atoms with van der Waals surface area (Å²) in [7, 11) is 0. The van der Waals surface area contributed by atoms with Crippen LogP contribution in [0.25, 0.3) is 0 Å². The molecule has 0 bridgehead atoms. The first-order chi connectivity index (χ1) is 5.20. The highest BCUT2D eigenvalue weighted by molar-refractivity contribution is 4.50. The summed E-state index contributed by atoms with van der Waals surface area (Å²) in [5.41, 5.74) is 0. The molecule has 2 heteroatoms. The van der Waals surface area contributed by atoms with E-state index in [1.807, 2.05) is 0 Å². The van der Waals surface area contributed by atoms with Crippen molar-refractivity contribution in [3.63, 3.8) is 0 Å². The van der Waals surface area contributed by atoms with Gasteiger partial charge in [0.05, 0.1) is 0 Å². The van der Waals surface area contributed by atoms with E-state index in [0.717, 1.165) is 18.8 Å². The molecule has 0 amide bonds. The van der Waals surface area contributed by atoms with Crippen molar-refractivity contribution in [1.29, 1.82) is 0 Å². The predicted octanol–water partition coefficient (Wildman–Crippen LogP) is 4.35. The summed E-state index contributed by atoms with van der Waals surface area (Å²) >= 11 is 0. The van der Waals surface area contributed by atoms with Gasteiger partial charge in [0, 0.05) is 6.42 Å². The quantitative estimate of drug-likeness (QED) is 0.592. The van der Waals surface area contributed by atoms with Crippen LogP contribution in [-0.4, -0.2) is 5.92 Å². The zero-order valence-electron chi connectivity index (χ0n) is 9.12. The third-order valence-corrected chi connectivity index (χ3v) is 1.95. The van der Waals surface area contributed by atoms with Crippen molar-refractivity contribution < 1.29 is 8.78 Å². The molecule has 76 valence electrons. The van der Waals surface area contributed by atoms with Crippen LogP contribution in [0.15, 0.2) is 0 Å². The maximum Gasteiger partial charge on any atom is 0.245 e. The van der Waals surface area contributed by atoms with Crippen LogP contribution in [0.5, 0.6) is 0 Å². The number of halogens is 2. The fraction of sp³-hybridized carbons (Fsp3) is 1.00. The lowest BCUT2D eigenvalue weighted by Crippen LogP contribution is -2.05. The van der Waals surface area contributed by atoms with Crippen LogP contribution in [0, 0.1) is 11.8 Å². The zero-order chi connectivity index (χ0) is 10.4. The van der Waals surface area contributed by atoms with E-state index in [0.29, 0.717) is 0 Å². The van der Waals surface area contributed by atoms with Gasteiger partial charge in [0.2, 0.25) is 5.92 Å². The van der Waals surface area contributed by atoms with Crippen molar-refractivity contribution >= 4 is 0 Å². The van der Waals surface area contributed by atoms with Gasteiger partial charge in [-0.2, -0.15) is 0 Å². The molecule has 12 heavy (non-hydrogen) atoms. The topological polar surface area (TPSA) is 0 Å². The van der Waals surface area contributed by atoms with Crippen molar-refractivity contribution in [2.75, 3.05) is 0 Å². The van der Waals surface area contributed by atoms with Crippen molar-refractivity contribution in [3.05, 3.63) is 0 Å². The standard InChI is InChI=1S/C6H14.C4H8F2/c1-5(2)6(3)4;1-3-4(2,5)6/h5-6H,1-4H3;3H2,1-2H3. The minimum absolute atomic E-state index is 0.0625. The molecule has 0 fully saturated rings. The van der Waals surface area contributed by atoms with Crippen LogP contribution < -0.4 is 0 Å². The zero-order valence-corrected chi connectivity index (χ0v) is 9.12. The molecule has 0 unspecified atom stereocenters. The van der Waals surface area contributed by atoms with Gasteiger partial charge in [0.1, 0.15) is 0 Å². The minimum Gasteiger partial charge on any atom is -0.207 e. The van der Waals surface area contributed by atoms with Crippen molar-refractivity contribution in [2.45, 2.75) is 53.9 Å². The van der Waals surface area contributed by atoms with E-state index in [2.05, 4.69) is 27.7 Å². The Kier molecular flexibility index (Phi) is 7.65. The summed E-state index contributed by atoms with van der Waals surface area (Å²) in [4.78, 5) is 0. The number of hydrogen-bond acceptors (Lipinski definition) is 0. The molecule has 0 aliphatic carbocycles. The summed E-state index contributed by atoms with van der Waals surface area (Å²) in [6.07, 6.45) is -0.0625. The Labute approximate surface area is 75.4 Å². The van der Waals surface area contributed by atoms with E-state index in [1.165, 1.54) is 6.92 Å². The predicted molar refractivity (Wildman–Crippen MR) is 50.6 cm³/mol. The fourth-order valence-corrected chi connectivity index (χ4v) is 0. The van der Waals surface area contributed by atoms with Gasteiger partial charge in [-0.25, -0.2) is 8.78 Å². The van der Waals surface area contributed by atoms with E-state index in [1.54, 1.807) is 0 Å². The SMILES string of the molecule is CC(C)C(C)C.CCC(C)(F)F. The summed E-state index contributed by atoms with van der Waals surface area (Å²) in [6, 6.07) is 0. The monoisotopic (exact) mass is 180 g/mol. The van der Waals surface area contributed by atoms with Crippen LogP contribution in [0.3, 0.4) is 0 Å². The second kappa shape index (κ2) is 6.38. The minimum atomic E-state index is -2.46. The second-order valence-corrected chi connectivity index (χ2v) is 3.91. The van der Waals surface area contributed by atoms with Crippen LogP contribution in [0.2, 0.25) is 0 Å². The van der Waals surface area contributed by atoms with Gasteiger partial charge in [-0.3, -0.25) is 0 Å². The third kappa shape index (κ3) is 16.4. The largest absolute Gasteiger partial charge is 0.245 e. The Morgan fingerprint density at radius 2 is 1.17 bits per heavy atom. The summed E-state index contributed by atoms with van der Waals surface area (Å²) in [5, 5.41) is 0. The number of alkyl halides is 2. The van der Waals surface area contributed by atoms with Crippen LogP contribution in [-0.2, 0) is 0 Å². The molecule has 0 N–H and O–H groups in total. The van der Waals surface area contributed by atoms with Crippen LogP contribution >= 0.6 is 0 Å². The molecule has 0 nitrogen and oxygen atoms in total. The molecule has 0 aromatic heterocycles. The third-order valence-electron chi connectivity index (χ3n) is 1.95. The van der Waals surface area contributed by atoms with E-state index < -0.39 is 5.92 Å². The first-order valence-electron chi connectivity index (χ1n) is 4.58. The van der Waals surface area contributed by atoms with Gasteiger partial charge in [-0.1, -0.05) is 34.6 Å². The average molecular weight is 180 g/mol. The normalized spacial score (nSPS) is 11.5. The molecule has 0 radical (unpaired) electrons. The van der Waals surface area contributed by atoms with Gasteiger partial charge in [0.15, 0.2) is 0 Å². The van der Waals surface area contributed by atoms with Crippen molar-refractivity contribution in [1.82, 2.24) is 0 Å². The molecular formula is C10H22F2. The van der Waals surface area contributed by atoms with Crippen LogP contribution in [0.4, 0.5) is 8.78 Å². The Balaban J connectivity index is 0. The molecular weight excluding hydrogens is 158 g/mol. The van der Waals surface area contributed by atoms with E-state index >= 15 is 0 Å². The van der Waals surface area contributed by atoms with E-state index in [4.69, 9.17) is 0 Å². The summed E-state index contributed by atoms with van der Waals surface area (Å²) < 4.78 is 22.9. The lowest BCUT2D eigenvalue weighted by Gasteiger charge is -2.05. The molecule has 0 aromatic carbocycles. The molecule has 0 atom stereocenters. The molecule has 0 aliphatic rings. The Morgan fingerprint density at radius 3 is 1.17 bits per heavy atom. The lowest BCUT2D eigenvalue weighted by atomic mass is 10.0. The molecule has 0 saturated carbocycles. The first kappa shape index (κ1) is 14.4. The first-order valence-corrected chi connectivity index (χ1v) is 4.58. The Hall–Kier alpha value is -0.140. The van der Waals surface area contributed by atoms with Gasteiger partial charge in [-0.15, -0.1) is 0 Å². The maximum atomic E-state index is 11.5. The lowest BCUT2D eigenvalue weighted by molar-refractivity contribution is 0.0181. The number of rotatable bonds is 2. The van der Waals surface area contributed by atoms with E-state index in [-0.39, 0.29) is 6.42 Å². The smallest absolute Gasteiger partial charge is 0.207 e. The molecule has 0 spiro atoms. The number of hydrogen-bond donors (Lipinski definition) is 0. The molecule has 0 heterocycles. The molecule has 0 rings (SSSR count). The summed E-state index contributed by atoms with van der Waals surface area (Å²) in [5.74, 6) is -0.755. The maximum absolute atomic E-state index is 11.5. The Morgan fingerprint density at radius 1 is 1.00 bits per heavy atom. The summed E-state index contributed by atoms with van der Waals surface area (Å²) in [6.45, 7) is 11.3. The second-order valence-electron chi connectivity index (χ2n) is 3.91. The van der Waals surface area contributed by atoms with Crippen LogP contribution in [0.1, 0.15) is 48.0 Å². The highest BCUT2D eigenvalue weighted by Crippen LogP contribution is 2.14. The Bertz CT molecular complexity index is 84.5. The highest BCUT2D eigenvalue weighted by Gasteiger charge is 2.15. The average Bonchev–Trinajstić information content (AvgIpc) is 1.87. The van der Waals surface area contributed by atoms with Gasteiger partial charge in [0.25, 0.3) is 0 Å². The molecule has 0 aromatic rings. The van der Waals surface area contributed by atoms with Crippen molar-refractivity contribution in [3.8, 4) is 0 Å². The fourth-order valence-electron chi connectivity index (χ4n) is 0. The van der Waals surface area contributed by atoms with E-state index in [9.17, 15) is 8.78 Å². The van der Waals surface area contributed by atoms with Gasteiger partial charge in [-0.05, 0) is 18.8 Å². The van der Waals surface area contributed by atoms with Gasteiger partial charge >= 0.3 is 0 Å². The molecule has 0 aliphatic heterocycles. The molecule has 0 saturated heterocycles. The highest BCUT2D eigenvalue weighted by atomic mass is 19.3. The van der Waals surface area contributed by atoms with Gasteiger partial charge < -0.3 is 0 Å².